The number of esters is 1. The number of ketones is 1. The molecule has 6 heteroatoms. The predicted molar refractivity (Wildman–Crippen MR) is 84.1 cm³/mol. The lowest BCUT2D eigenvalue weighted by Crippen LogP contribution is -2.19. The van der Waals surface area contributed by atoms with Gasteiger partial charge in [-0.25, -0.2) is 4.79 Å². The zero-order chi connectivity index (χ0) is 16.3. The van der Waals surface area contributed by atoms with Crippen molar-refractivity contribution in [1.82, 2.24) is 0 Å². The number of cyclic esters (lactones) is 1. The summed E-state index contributed by atoms with van der Waals surface area (Å²) in [5.74, 6) is -1.29. The number of halogens is 1. The fourth-order valence-corrected chi connectivity index (χ4v) is 3.05. The van der Waals surface area contributed by atoms with Gasteiger partial charge >= 0.3 is 5.97 Å². The van der Waals surface area contributed by atoms with Gasteiger partial charge < -0.3 is 14.9 Å². The maximum Gasteiger partial charge on any atom is 0.342 e. The zero-order valence-corrected chi connectivity index (χ0v) is 14.0. The molecule has 0 bridgehead atoms. The van der Waals surface area contributed by atoms with Crippen LogP contribution in [0.2, 0.25) is 0 Å². The molecule has 2 N–H and O–H groups in total. The van der Waals surface area contributed by atoms with E-state index >= 15 is 0 Å². The van der Waals surface area contributed by atoms with E-state index < -0.39 is 5.97 Å². The van der Waals surface area contributed by atoms with E-state index in [0.717, 1.165) is 31.7 Å². The maximum absolute atomic E-state index is 12.3. The van der Waals surface area contributed by atoms with Crippen LogP contribution in [0.1, 0.15) is 54.9 Å². The molecule has 0 spiro atoms. The molecule has 0 amide bonds. The summed E-state index contributed by atoms with van der Waals surface area (Å²) < 4.78 is 5.59. The lowest BCUT2D eigenvalue weighted by atomic mass is 9.97. The second kappa shape index (κ2) is 7.13. The molecule has 1 atom stereocenters. The number of carbonyl (C=O) groups excluding carboxylic acids is 2. The summed E-state index contributed by atoms with van der Waals surface area (Å²) in [6.45, 7) is 1.81. The van der Waals surface area contributed by atoms with Gasteiger partial charge in [0.05, 0.1) is 10.6 Å². The number of aromatic hydroxyl groups is 2. The Morgan fingerprint density at radius 2 is 1.91 bits per heavy atom. The van der Waals surface area contributed by atoms with Crippen LogP contribution >= 0.6 is 15.9 Å². The molecule has 120 valence electrons. The number of hydrogen-bond donors (Lipinski definition) is 2. The molecule has 0 fully saturated rings. The first kappa shape index (κ1) is 16.8. The number of carbonyl (C=O) groups is 2. The standard InChI is InChI=1S/C16H19BrO5/c1-9-5-3-2-4-6-10(18)7-11-14(16(21)22-9)12(19)8-13(20)15(11)17/h8-9,19-20H,2-7H2,1H3/t9-/m0/s1. The minimum Gasteiger partial charge on any atom is -0.507 e. The molecule has 0 aromatic heterocycles. The Morgan fingerprint density at radius 3 is 2.64 bits per heavy atom. The summed E-state index contributed by atoms with van der Waals surface area (Å²) in [7, 11) is 0. The van der Waals surface area contributed by atoms with Crippen molar-refractivity contribution in [2.45, 2.75) is 51.6 Å². The molecule has 1 aliphatic rings. The van der Waals surface area contributed by atoms with E-state index in [0.29, 0.717) is 6.42 Å². The van der Waals surface area contributed by atoms with E-state index in [1.54, 1.807) is 6.92 Å². The van der Waals surface area contributed by atoms with Crippen LogP contribution in [0.5, 0.6) is 11.5 Å². The molecule has 0 saturated carbocycles. The zero-order valence-electron chi connectivity index (χ0n) is 12.4. The van der Waals surface area contributed by atoms with E-state index in [4.69, 9.17) is 4.74 Å². The Balaban J connectivity index is 2.48. The number of hydrogen-bond acceptors (Lipinski definition) is 5. The van der Waals surface area contributed by atoms with E-state index in [2.05, 4.69) is 15.9 Å². The molecule has 1 aromatic carbocycles. The topological polar surface area (TPSA) is 83.8 Å². The van der Waals surface area contributed by atoms with Gasteiger partial charge in [0, 0.05) is 18.9 Å². The maximum atomic E-state index is 12.3. The summed E-state index contributed by atoms with van der Waals surface area (Å²) >= 11 is 3.19. The number of fused-ring (bicyclic) bond motifs is 1. The van der Waals surface area contributed by atoms with Crippen molar-refractivity contribution in [1.29, 1.82) is 0 Å². The summed E-state index contributed by atoms with van der Waals surface area (Å²) in [5.41, 5.74) is 0.228. The molecule has 1 aliphatic heterocycles. The second-order valence-electron chi connectivity index (χ2n) is 5.61. The number of rotatable bonds is 0. The summed E-state index contributed by atoms with van der Waals surface area (Å²) in [5, 5.41) is 19.8. The van der Waals surface area contributed by atoms with Crippen LogP contribution in [0, 0.1) is 0 Å². The van der Waals surface area contributed by atoms with Crippen molar-refractivity contribution >= 4 is 27.7 Å². The van der Waals surface area contributed by atoms with E-state index in [9.17, 15) is 19.8 Å². The van der Waals surface area contributed by atoms with Crippen molar-refractivity contribution < 1.29 is 24.5 Å². The van der Waals surface area contributed by atoms with Crippen molar-refractivity contribution in [2.24, 2.45) is 0 Å². The number of benzene rings is 1. The Bertz CT molecular complexity index is 597. The molecule has 22 heavy (non-hydrogen) atoms. The predicted octanol–water partition coefficient (Wildman–Crippen LogP) is 3.48. The molecule has 5 nitrogen and oxygen atoms in total. The number of ether oxygens (including phenoxy) is 1. The van der Waals surface area contributed by atoms with Crippen LogP contribution < -0.4 is 0 Å². The molecule has 0 saturated heterocycles. The molecular weight excluding hydrogens is 352 g/mol. The van der Waals surface area contributed by atoms with Crippen LogP contribution in [0.15, 0.2) is 10.5 Å². The number of phenolic OH excluding ortho intramolecular Hbond substituents is 2. The van der Waals surface area contributed by atoms with Gasteiger partial charge in [-0.1, -0.05) is 6.42 Å². The third-order valence-electron chi connectivity index (χ3n) is 3.77. The Labute approximate surface area is 137 Å². The third kappa shape index (κ3) is 3.80. The normalized spacial score (nSPS) is 20.5. The van der Waals surface area contributed by atoms with Gasteiger partial charge in [0.25, 0.3) is 0 Å². The third-order valence-corrected chi connectivity index (χ3v) is 4.66. The largest absolute Gasteiger partial charge is 0.507 e. The molecule has 0 radical (unpaired) electrons. The van der Waals surface area contributed by atoms with Gasteiger partial charge in [-0.2, -0.15) is 0 Å². The molecular formula is C16H19BrO5. The fraction of sp³-hybridized carbons (Fsp3) is 0.500. The highest BCUT2D eigenvalue weighted by Crippen LogP contribution is 2.37. The van der Waals surface area contributed by atoms with Crippen molar-refractivity contribution in [2.75, 3.05) is 0 Å². The lowest BCUT2D eigenvalue weighted by molar-refractivity contribution is -0.118. The minimum atomic E-state index is -0.672. The van der Waals surface area contributed by atoms with Gasteiger partial charge in [-0.3, -0.25) is 4.79 Å². The van der Waals surface area contributed by atoms with E-state index in [-0.39, 0.29) is 45.4 Å². The van der Waals surface area contributed by atoms with Crippen LogP contribution in [0.3, 0.4) is 0 Å². The smallest absolute Gasteiger partial charge is 0.342 e. The minimum absolute atomic E-state index is 0.0264. The monoisotopic (exact) mass is 370 g/mol. The van der Waals surface area contributed by atoms with Crippen molar-refractivity contribution in [3.63, 3.8) is 0 Å². The van der Waals surface area contributed by atoms with Gasteiger partial charge in [0.15, 0.2) is 0 Å². The van der Waals surface area contributed by atoms with Crippen LogP contribution in [-0.2, 0) is 16.0 Å². The van der Waals surface area contributed by atoms with Crippen molar-refractivity contribution in [3.05, 3.63) is 21.7 Å². The number of phenols is 2. The first-order valence-electron chi connectivity index (χ1n) is 7.36. The highest BCUT2D eigenvalue weighted by Gasteiger charge is 2.26. The number of Topliss-reactive ketones (excluding diaryl/α,β-unsaturated/α-hetero) is 1. The van der Waals surface area contributed by atoms with Gasteiger partial charge in [-0.05, 0) is 47.7 Å². The molecule has 1 aromatic rings. The molecule has 2 rings (SSSR count). The van der Waals surface area contributed by atoms with Crippen molar-refractivity contribution in [3.8, 4) is 11.5 Å². The second-order valence-corrected chi connectivity index (χ2v) is 6.41. The summed E-state index contributed by atoms with van der Waals surface area (Å²) in [6.07, 6.45) is 3.44. The average molecular weight is 371 g/mol. The Morgan fingerprint density at radius 1 is 1.18 bits per heavy atom. The van der Waals surface area contributed by atoms with E-state index in [1.165, 1.54) is 0 Å². The first-order valence-corrected chi connectivity index (χ1v) is 8.15. The fourth-order valence-electron chi connectivity index (χ4n) is 2.59. The van der Waals surface area contributed by atoms with Gasteiger partial charge in [0.2, 0.25) is 0 Å². The summed E-state index contributed by atoms with van der Waals surface area (Å²) in [6, 6.07) is 1.07. The van der Waals surface area contributed by atoms with Gasteiger partial charge in [0.1, 0.15) is 22.8 Å². The van der Waals surface area contributed by atoms with Crippen LogP contribution in [0.4, 0.5) is 0 Å². The molecule has 1 heterocycles. The quantitative estimate of drug-likeness (QED) is 0.683. The SMILES string of the molecule is C[C@H]1CCCCCC(=O)Cc2c(Br)c(O)cc(O)c2C(=O)O1. The Kier molecular flexibility index (Phi) is 5.45. The average Bonchev–Trinajstić information content (AvgIpc) is 2.42. The highest BCUT2D eigenvalue weighted by atomic mass is 79.9. The van der Waals surface area contributed by atoms with E-state index in [1.807, 2.05) is 0 Å². The van der Waals surface area contributed by atoms with Crippen LogP contribution in [-0.4, -0.2) is 28.1 Å². The van der Waals surface area contributed by atoms with Gasteiger partial charge in [-0.15, -0.1) is 0 Å². The first-order chi connectivity index (χ1) is 10.4. The molecule has 0 unspecified atom stereocenters. The highest BCUT2D eigenvalue weighted by molar-refractivity contribution is 9.10. The van der Waals surface area contributed by atoms with Crippen LogP contribution in [0.25, 0.3) is 0 Å². The Hall–Kier alpha value is -1.56. The summed E-state index contributed by atoms with van der Waals surface area (Å²) in [4.78, 5) is 24.4. The molecule has 0 aliphatic carbocycles. The lowest BCUT2D eigenvalue weighted by Gasteiger charge is -2.18.